The fourth-order valence-electron chi connectivity index (χ4n) is 6.05. The number of methoxy groups -OCH3 is 1. The van der Waals surface area contributed by atoms with Gasteiger partial charge >= 0.3 is 5.97 Å². The summed E-state index contributed by atoms with van der Waals surface area (Å²) in [6, 6.07) is 6.83. The summed E-state index contributed by atoms with van der Waals surface area (Å²) in [7, 11) is 1.34. The lowest BCUT2D eigenvalue weighted by Gasteiger charge is -2.60. The zero-order valence-corrected chi connectivity index (χ0v) is 15.3. The van der Waals surface area contributed by atoms with Gasteiger partial charge in [-0.1, -0.05) is 6.07 Å². The molecule has 4 aliphatic rings. The van der Waals surface area contributed by atoms with Gasteiger partial charge in [-0.2, -0.15) is 0 Å². The van der Waals surface area contributed by atoms with E-state index in [2.05, 4.69) is 5.32 Å². The summed E-state index contributed by atoms with van der Waals surface area (Å²) in [5.74, 6) is 0.779. The first-order valence-corrected chi connectivity index (χ1v) is 9.37. The molecule has 0 radical (unpaired) electrons. The lowest BCUT2D eigenvalue weighted by atomic mass is 9.43. The third kappa shape index (κ3) is 2.65. The van der Waals surface area contributed by atoms with Crippen molar-refractivity contribution in [3.63, 3.8) is 0 Å². The van der Waals surface area contributed by atoms with Gasteiger partial charge in [0.05, 0.1) is 18.1 Å². The van der Waals surface area contributed by atoms with Crippen LogP contribution in [0.3, 0.4) is 0 Å². The Morgan fingerprint density at radius 3 is 2.35 bits per heavy atom. The third-order valence-corrected chi connectivity index (χ3v) is 6.83. The molecule has 1 aromatic carbocycles. The van der Waals surface area contributed by atoms with Gasteiger partial charge in [-0.3, -0.25) is 9.59 Å². The molecule has 4 saturated carbocycles. The van der Waals surface area contributed by atoms with Crippen LogP contribution in [0.5, 0.6) is 0 Å². The Hall–Kier alpha value is -2.17. The van der Waals surface area contributed by atoms with Crippen molar-refractivity contribution in [3.05, 3.63) is 29.8 Å². The maximum atomic E-state index is 13.2. The summed E-state index contributed by atoms with van der Waals surface area (Å²) in [5, 5.41) is 3.02. The minimum absolute atomic E-state index is 0.000703. The number of hydrogen-bond acceptors (Lipinski definition) is 4. The second-order valence-electron chi connectivity index (χ2n) is 8.60. The van der Waals surface area contributed by atoms with Gasteiger partial charge in [0.15, 0.2) is 0 Å². The Bertz CT molecular complexity index is 770. The first-order chi connectivity index (χ1) is 12.4. The van der Waals surface area contributed by atoms with Gasteiger partial charge in [0, 0.05) is 11.1 Å². The summed E-state index contributed by atoms with van der Waals surface area (Å²) >= 11 is 0. The van der Waals surface area contributed by atoms with Crippen LogP contribution in [0.2, 0.25) is 0 Å². The van der Waals surface area contributed by atoms with Gasteiger partial charge in [-0.05, 0) is 75.5 Å². The molecule has 0 aromatic heterocycles. The van der Waals surface area contributed by atoms with Crippen LogP contribution >= 0.6 is 0 Å². The molecular formula is C21H25NO4. The van der Waals surface area contributed by atoms with Crippen LogP contribution in [0.4, 0.5) is 5.69 Å². The zero-order valence-electron chi connectivity index (χ0n) is 15.3. The minimum Gasteiger partial charge on any atom is -0.465 e. The van der Waals surface area contributed by atoms with Crippen LogP contribution < -0.4 is 5.32 Å². The summed E-state index contributed by atoms with van der Waals surface area (Å²) in [4.78, 5) is 37.4. The number of Topliss-reactive ketones (excluding diaryl/α,β-unsaturated/α-hetero) is 1. The Labute approximate surface area is 153 Å². The Balaban J connectivity index is 1.59. The van der Waals surface area contributed by atoms with Crippen molar-refractivity contribution in [2.75, 3.05) is 12.4 Å². The number of ether oxygens (including phenoxy) is 1. The first-order valence-electron chi connectivity index (χ1n) is 9.37. The summed E-state index contributed by atoms with van der Waals surface area (Å²) in [5.41, 5.74) is 0.272. The number of amides is 1. The Morgan fingerprint density at radius 1 is 1.08 bits per heavy atom. The van der Waals surface area contributed by atoms with Gasteiger partial charge in [-0.25, -0.2) is 4.79 Å². The van der Waals surface area contributed by atoms with Crippen molar-refractivity contribution in [2.24, 2.45) is 22.7 Å². The average Bonchev–Trinajstić information content (AvgIpc) is 2.60. The summed E-state index contributed by atoms with van der Waals surface area (Å²) < 4.78 is 4.75. The highest BCUT2D eigenvalue weighted by molar-refractivity contribution is 5.98. The number of hydrogen-bond donors (Lipinski definition) is 1. The molecule has 1 N–H and O–H groups in total. The molecule has 2 unspecified atom stereocenters. The fourth-order valence-corrected chi connectivity index (χ4v) is 6.05. The lowest BCUT2D eigenvalue weighted by Crippen LogP contribution is -2.58. The molecule has 0 aliphatic heterocycles. The molecule has 4 bridgehead atoms. The maximum Gasteiger partial charge on any atom is 0.337 e. The quantitative estimate of drug-likeness (QED) is 0.838. The predicted molar refractivity (Wildman–Crippen MR) is 96.6 cm³/mol. The normalized spacial score (nSPS) is 34.4. The number of anilines is 1. The molecule has 2 atom stereocenters. The largest absolute Gasteiger partial charge is 0.465 e. The molecule has 5 heteroatoms. The molecule has 4 fully saturated rings. The van der Waals surface area contributed by atoms with Gasteiger partial charge < -0.3 is 10.1 Å². The van der Waals surface area contributed by atoms with Crippen molar-refractivity contribution in [2.45, 2.75) is 45.4 Å². The summed E-state index contributed by atoms with van der Waals surface area (Å²) in [6.45, 7) is 1.69. The van der Waals surface area contributed by atoms with E-state index in [0.717, 1.165) is 32.1 Å². The highest BCUT2D eigenvalue weighted by Crippen LogP contribution is 2.65. The number of carbonyl (C=O) groups excluding carboxylic acids is 3. The van der Waals surface area contributed by atoms with E-state index in [1.807, 2.05) is 0 Å². The Morgan fingerprint density at radius 2 is 1.73 bits per heavy atom. The minimum atomic E-state index is -0.447. The van der Waals surface area contributed by atoms with E-state index in [1.165, 1.54) is 7.11 Å². The molecule has 5 rings (SSSR count). The molecule has 5 nitrogen and oxygen atoms in total. The van der Waals surface area contributed by atoms with Crippen molar-refractivity contribution in [1.82, 2.24) is 0 Å². The highest BCUT2D eigenvalue weighted by Gasteiger charge is 2.62. The van der Waals surface area contributed by atoms with Gasteiger partial charge in [0.2, 0.25) is 5.91 Å². The van der Waals surface area contributed by atoms with Crippen molar-refractivity contribution >= 4 is 23.3 Å². The molecular weight excluding hydrogens is 330 g/mol. The number of ketones is 1. The van der Waals surface area contributed by atoms with E-state index in [4.69, 9.17) is 4.74 Å². The topological polar surface area (TPSA) is 72.5 Å². The first kappa shape index (κ1) is 17.3. The second-order valence-corrected chi connectivity index (χ2v) is 8.60. The maximum absolute atomic E-state index is 13.2. The standard InChI is InChI=1S/C21H25NO4/c1-13(23)20-8-14-6-15(9-20)11-21(10-14,12-20)19(25)22-17-5-3-4-16(7-17)18(24)26-2/h3-5,7,14-15H,6,8-12H2,1-2H3,(H,22,25). The van der Waals surface area contributed by atoms with E-state index >= 15 is 0 Å². The van der Waals surface area contributed by atoms with E-state index < -0.39 is 11.4 Å². The summed E-state index contributed by atoms with van der Waals surface area (Å²) in [6.07, 6.45) is 5.48. The number of benzene rings is 1. The SMILES string of the molecule is COC(=O)c1cccc(NC(=O)C23CC4CC(CC(C(C)=O)(C4)C2)C3)c1. The van der Waals surface area contributed by atoms with Crippen LogP contribution in [-0.2, 0) is 14.3 Å². The van der Waals surface area contributed by atoms with Crippen LogP contribution in [0.1, 0.15) is 55.8 Å². The fraction of sp³-hybridized carbons (Fsp3) is 0.571. The smallest absolute Gasteiger partial charge is 0.337 e. The molecule has 1 aromatic rings. The van der Waals surface area contributed by atoms with Crippen LogP contribution in [-0.4, -0.2) is 24.8 Å². The number of rotatable bonds is 4. The van der Waals surface area contributed by atoms with E-state index in [1.54, 1.807) is 31.2 Å². The average molecular weight is 355 g/mol. The van der Waals surface area contributed by atoms with Crippen LogP contribution in [0.25, 0.3) is 0 Å². The molecule has 1 amide bonds. The Kier molecular flexibility index (Phi) is 3.94. The van der Waals surface area contributed by atoms with Crippen molar-refractivity contribution < 1.29 is 19.1 Å². The van der Waals surface area contributed by atoms with E-state index in [9.17, 15) is 14.4 Å². The van der Waals surface area contributed by atoms with Crippen LogP contribution in [0, 0.1) is 22.7 Å². The van der Waals surface area contributed by atoms with Crippen LogP contribution in [0.15, 0.2) is 24.3 Å². The second kappa shape index (κ2) is 5.93. The van der Waals surface area contributed by atoms with E-state index in [0.29, 0.717) is 29.5 Å². The molecule has 26 heavy (non-hydrogen) atoms. The number of carbonyl (C=O) groups is 3. The molecule has 0 spiro atoms. The van der Waals surface area contributed by atoms with E-state index in [-0.39, 0.29) is 17.1 Å². The van der Waals surface area contributed by atoms with Gasteiger partial charge in [-0.15, -0.1) is 0 Å². The van der Waals surface area contributed by atoms with Gasteiger partial charge in [0.1, 0.15) is 5.78 Å². The lowest BCUT2D eigenvalue weighted by molar-refractivity contribution is -0.161. The van der Waals surface area contributed by atoms with Crippen molar-refractivity contribution in [3.8, 4) is 0 Å². The third-order valence-electron chi connectivity index (χ3n) is 6.83. The van der Waals surface area contributed by atoms with Gasteiger partial charge in [0.25, 0.3) is 0 Å². The van der Waals surface area contributed by atoms with Crippen molar-refractivity contribution in [1.29, 1.82) is 0 Å². The number of nitrogens with one attached hydrogen (secondary N) is 1. The molecule has 138 valence electrons. The highest BCUT2D eigenvalue weighted by atomic mass is 16.5. The zero-order chi connectivity index (χ0) is 18.5. The molecule has 0 heterocycles. The molecule has 4 aliphatic carbocycles. The number of esters is 1. The monoisotopic (exact) mass is 355 g/mol. The molecule has 0 saturated heterocycles. The predicted octanol–water partition coefficient (Wildman–Crippen LogP) is 3.59.